The highest BCUT2D eigenvalue weighted by Gasteiger charge is 2.34. The van der Waals surface area contributed by atoms with Crippen LogP contribution < -0.4 is 10.0 Å². The molecule has 33 heavy (non-hydrogen) atoms. The van der Waals surface area contributed by atoms with Gasteiger partial charge in [0.15, 0.2) is 0 Å². The summed E-state index contributed by atoms with van der Waals surface area (Å²) in [6.45, 7) is 3.87. The number of rotatable bonds is 9. The molecule has 0 spiro atoms. The summed E-state index contributed by atoms with van der Waals surface area (Å²) in [5.74, 6) is -0.302. The largest absolute Gasteiger partial charge is 0.393 e. The number of carbonyl (C=O) groups is 1. The lowest BCUT2D eigenvalue weighted by Crippen LogP contribution is -2.27. The maximum absolute atomic E-state index is 13.2. The third-order valence-corrected chi connectivity index (χ3v) is 7.14. The maximum Gasteiger partial charge on any atom is 0.333 e. The van der Waals surface area contributed by atoms with E-state index in [4.69, 9.17) is 4.55 Å². The summed E-state index contributed by atoms with van der Waals surface area (Å²) < 4.78 is 32.5. The van der Waals surface area contributed by atoms with Gasteiger partial charge in [-0.2, -0.15) is 13.1 Å². The van der Waals surface area contributed by atoms with Crippen molar-refractivity contribution >= 4 is 33.2 Å². The first-order chi connectivity index (χ1) is 15.8. The highest BCUT2D eigenvalue weighted by Crippen LogP contribution is 2.31. The van der Waals surface area contributed by atoms with Gasteiger partial charge in [-0.3, -0.25) is 14.2 Å². The van der Waals surface area contributed by atoms with Crippen LogP contribution in [0.3, 0.4) is 0 Å². The first-order valence-corrected chi connectivity index (χ1v) is 12.9. The number of nitrogens with one attached hydrogen (secondary N) is 2. The van der Waals surface area contributed by atoms with Crippen molar-refractivity contribution in [3.63, 3.8) is 0 Å². The zero-order valence-electron chi connectivity index (χ0n) is 17.8. The van der Waals surface area contributed by atoms with E-state index in [-0.39, 0.29) is 11.8 Å². The molecule has 0 bridgehead atoms. The number of aromatic nitrogens is 2. The summed E-state index contributed by atoms with van der Waals surface area (Å²) in [6, 6.07) is 1.67. The second-order valence-corrected chi connectivity index (χ2v) is 10.3. The van der Waals surface area contributed by atoms with Crippen molar-refractivity contribution in [2.45, 2.75) is 38.0 Å². The van der Waals surface area contributed by atoms with Crippen LogP contribution in [0, 0.1) is 12.5 Å². The average molecular weight is 493 g/mol. The Labute approximate surface area is 196 Å². The van der Waals surface area contributed by atoms with Crippen molar-refractivity contribution in [1.29, 1.82) is 0 Å². The number of anilines is 1. The number of hydrogen-bond donors (Lipinski definition) is 4. The lowest BCUT2D eigenvalue weighted by atomic mass is 10.1. The Balaban J connectivity index is 1.41. The summed E-state index contributed by atoms with van der Waals surface area (Å²) in [5.41, 5.74) is 1.43. The van der Waals surface area contributed by atoms with Crippen molar-refractivity contribution in [3.05, 3.63) is 58.7 Å². The molecule has 1 saturated carbocycles. The van der Waals surface area contributed by atoms with Crippen LogP contribution >= 0.6 is 11.3 Å². The maximum atomic E-state index is 13.2. The molecule has 0 saturated heterocycles. The van der Waals surface area contributed by atoms with E-state index in [2.05, 4.69) is 32.3 Å². The lowest BCUT2D eigenvalue weighted by molar-refractivity contribution is 0.104. The molecule has 3 heterocycles. The second-order valence-electron chi connectivity index (χ2n) is 8.23. The number of aliphatic hydroxyl groups excluding tert-OH is 1. The van der Waals surface area contributed by atoms with Crippen molar-refractivity contribution in [2.75, 3.05) is 18.4 Å². The van der Waals surface area contributed by atoms with Crippen LogP contribution in [0.2, 0.25) is 0 Å². The summed E-state index contributed by atoms with van der Waals surface area (Å²) in [4.78, 5) is 24.4. The Kier molecular flexibility index (Phi) is 7.51. The molecule has 0 unspecified atom stereocenters. The minimum atomic E-state index is -4.38. The number of hydrogen-bond acceptors (Lipinski definition) is 9. The fourth-order valence-electron chi connectivity index (χ4n) is 4.12. The van der Waals surface area contributed by atoms with Crippen molar-refractivity contribution in [2.24, 2.45) is 5.92 Å². The van der Waals surface area contributed by atoms with Crippen LogP contribution in [0.15, 0.2) is 36.1 Å². The van der Waals surface area contributed by atoms with Gasteiger partial charge < -0.3 is 10.4 Å². The monoisotopic (exact) mass is 492 g/mol. The van der Waals surface area contributed by atoms with Crippen LogP contribution in [0.4, 0.5) is 5.82 Å². The predicted octanol–water partition coefficient (Wildman–Crippen LogP) is 1.64. The number of carbonyl (C=O) groups excluding carboxylic acids is 1. The Hall–Kier alpha value is -2.22. The van der Waals surface area contributed by atoms with Crippen LogP contribution in [-0.2, 0) is 16.8 Å². The number of ketones is 1. The number of nitrogens with zero attached hydrogens (tertiary/aromatic N) is 3. The highest BCUT2D eigenvalue weighted by molar-refractivity contribution is 7.83. The molecule has 3 atom stereocenters. The van der Waals surface area contributed by atoms with Crippen molar-refractivity contribution in [1.82, 2.24) is 19.6 Å². The molecule has 4 N–H and O–H groups in total. The highest BCUT2D eigenvalue weighted by atomic mass is 32.2. The summed E-state index contributed by atoms with van der Waals surface area (Å²) >= 11 is 1.39. The normalized spacial score (nSPS) is 23.6. The van der Waals surface area contributed by atoms with Gasteiger partial charge in [0.25, 0.3) is 0 Å². The summed E-state index contributed by atoms with van der Waals surface area (Å²) in [7, 11) is -4.38. The van der Waals surface area contributed by atoms with Gasteiger partial charge in [0.05, 0.1) is 16.5 Å². The molecule has 1 aliphatic heterocycles. The molecule has 0 aromatic carbocycles. The van der Waals surface area contributed by atoms with Gasteiger partial charge in [-0.05, 0) is 36.3 Å². The molecule has 177 valence electrons. The smallest absolute Gasteiger partial charge is 0.333 e. The van der Waals surface area contributed by atoms with Crippen molar-refractivity contribution < 1.29 is 22.9 Å². The molecule has 10 nitrogen and oxygen atoms in total. The Morgan fingerprint density at radius 2 is 2.18 bits per heavy atom. The Bertz CT molecular complexity index is 1120. The van der Waals surface area contributed by atoms with E-state index in [0.29, 0.717) is 29.1 Å². The van der Waals surface area contributed by atoms with E-state index in [1.807, 2.05) is 16.2 Å². The third-order valence-electron chi connectivity index (χ3n) is 5.73. The first-order valence-electron chi connectivity index (χ1n) is 10.6. The number of aliphatic hydroxyl groups is 1. The third kappa shape index (κ3) is 6.43. The van der Waals surface area contributed by atoms with E-state index < -0.39 is 22.3 Å². The van der Waals surface area contributed by atoms with Crippen LogP contribution in [0.5, 0.6) is 0 Å². The van der Waals surface area contributed by atoms with Crippen LogP contribution in [0.25, 0.3) is 0 Å². The predicted molar refractivity (Wildman–Crippen MR) is 124 cm³/mol. The fourth-order valence-corrected chi connectivity index (χ4v) is 5.33. The Morgan fingerprint density at radius 3 is 2.94 bits per heavy atom. The summed E-state index contributed by atoms with van der Waals surface area (Å²) in [6.07, 6.45) is 8.11. The zero-order chi connectivity index (χ0) is 23.4. The molecule has 12 heteroatoms. The van der Waals surface area contributed by atoms with Gasteiger partial charge in [-0.1, -0.05) is 12.2 Å². The van der Waals surface area contributed by atoms with Gasteiger partial charge >= 0.3 is 10.3 Å². The van der Waals surface area contributed by atoms with Crippen molar-refractivity contribution in [3.8, 4) is 0 Å². The first kappa shape index (κ1) is 23.9. The van der Waals surface area contributed by atoms with Gasteiger partial charge in [0.2, 0.25) is 5.78 Å². The molecule has 1 aliphatic carbocycles. The minimum Gasteiger partial charge on any atom is -0.393 e. The molecule has 2 aliphatic rings. The van der Waals surface area contributed by atoms with Crippen LogP contribution in [0.1, 0.15) is 40.1 Å². The van der Waals surface area contributed by atoms with Gasteiger partial charge in [-0.25, -0.2) is 9.97 Å². The molecular formula is C21H26N5O5S2. The van der Waals surface area contributed by atoms with E-state index >= 15 is 0 Å². The quantitative estimate of drug-likeness (QED) is 0.233. The molecule has 2 aromatic rings. The minimum absolute atomic E-state index is 0.178. The lowest BCUT2D eigenvalue weighted by Gasteiger charge is -2.22. The molecule has 0 amide bonds. The molecule has 2 aromatic heterocycles. The molecular weight excluding hydrogens is 466 g/mol. The fraction of sp³-hybridized carbons (Fsp3) is 0.429. The molecule has 1 radical (unpaired) electrons. The topological polar surface area (TPSA) is 145 Å². The van der Waals surface area contributed by atoms with Crippen LogP contribution in [-0.4, -0.2) is 64.0 Å². The average Bonchev–Trinajstić information content (AvgIpc) is 3.38. The Morgan fingerprint density at radius 1 is 1.33 bits per heavy atom. The molecule has 4 rings (SSSR count). The van der Waals surface area contributed by atoms with E-state index in [1.54, 1.807) is 0 Å². The van der Waals surface area contributed by atoms with Gasteiger partial charge in [0, 0.05) is 44.3 Å². The van der Waals surface area contributed by atoms with E-state index in [1.165, 1.54) is 30.4 Å². The SMILES string of the molecule is O=C(c1cc(CN2CC=CCC2)cs1)c1cncnc1N[C@H]1C[C@H](O)[C@@H]([CH]NS(=O)(=O)O)C1. The second kappa shape index (κ2) is 10.4. The van der Waals surface area contributed by atoms with E-state index in [0.717, 1.165) is 31.6 Å². The van der Waals surface area contributed by atoms with Gasteiger partial charge in [0.1, 0.15) is 12.1 Å². The molecule has 1 fully saturated rings. The zero-order valence-corrected chi connectivity index (χ0v) is 19.4. The van der Waals surface area contributed by atoms with E-state index in [9.17, 15) is 18.3 Å². The standard InChI is InChI=1S/C21H26N5O5S2/c27-18-8-16(7-15(18)9-24-33(29,30)31)25-21-17(10-22-13-23-21)20(28)19-6-14(12-32-19)11-26-4-2-1-3-5-26/h1-2,6,9-10,12-13,15-16,18,24,27H,3-5,7-8,11H2,(H,22,23,25)(H,29,30,31)/t15-,16-,18+/m1/s1. The summed E-state index contributed by atoms with van der Waals surface area (Å²) in [5, 5.41) is 15.4. The van der Waals surface area contributed by atoms with Gasteiger partial charge in [-0.15, -0.1) is 11.3 Å². The number of thiophene rings is 1.